The van der Waals surface area contributed by atoms with Crippen LogP contribution in [0.15, 0.2) is 62.2 Å². The van der Waals surface area contributed by atoms with Crippen molar-refractivity contribution in [2.75, 3.05) is 24.7 Å². The van der Waals surface area contributed by atoms with Crippen LogP contribution in [-0.2, 0) is 11.3 Å². The Morgan fingerprint density at radius 2 is 1.85 bits per heavy atom. The van der Waals surface area contributed by atoms with Crippen LogP contribution in [0.3, 0.4) is 0 Å². The summed E-state index contributed by atoms with van der Waals surface area (Å²) in [4.78, 5) is 38.0. The summed E-state index contributed by atoms with van der Waals surface area (Å²) < 4.78 is 6.60. The van der Waals surface area contributed by atoms with Crippen LogP contribution in [0.1, 0.15) is 18.7 Å². The lowest BCUT2D eigenvalue weighted by molar-refractivity contribution is -0.133. The van der Waals surface area contributed by atoms with E-state index in [4.69, 9.17) is 9.40 Å². The van der Waals surface area contributed by atoms with Crippen LogP contribution in [0.5, 0.6) is 0 Å². The van der Waals surface area contributed by atoms with Gasteiger partial charge < -0.3 is 24.5 Å². The zero-order valence-electron chi connectivity index (χ0n) is 18.2. The fraction of sp³-hybridized carbons (Fsp3) is 0.292. The molecule has 4 aromatic rings. The van der Waals surface area contributed by atoms with Gasteiger partial charge in [0.2, 0.25) is 11.5 Å². The lowest BCUT2D eigenvalue weighted by atomic mass is 9.86. The molecule has 0 bridgehead atoms. The van der Waals surface area contributed by atoms with Crippen LogP contribution >= 0.6 is 28.3 Å². The molecule has 2 aromatic heterocycles. The average molecular weight is 545 g/mol. The van der Waals surface area contributed by atoms with Gasteiger partial charge in [-0.05, 0) is 56.3 Å². The number of aromatic nitrogens is 2. The highest BCUT2D eigenvalue weighted by molar-refractivity contribution is 9.10. The number of rotatable bonds is 3. The van der Waals surface area contributed by atoms with Crippen molar-refractivity contribution in [2.24, 2.45) is 0 Å². The summed E-state index contributed by atoms with van der Waals surface area (Å²) in [6.45, 7) is 2.26. The van der Waals surface area contributed by atoms with Gasteiger partial charge in [0.15, 0.2) is 0 Å². The van der Waals surface area contributed by atoms with Crippen LogP contribution in [0.2, 0.25) is 0 Å². The van der Waals surface area contributed by atoms with Gasteiger partial charge >= 0.3 is 0 Å². The second kappa shape index (κ2) is 8.72. The summed E-state index contributed by atoms with van der Waals surface area (Å²) in [6, 6.07) is 15.6. The van der Waals surface area contributed by atoms with Crippen LogP contribution < -0.4 is 15.8 Å². The monoisotopic (exact) mass is 543 g/mol. The molecule has 2 N–H and O–H groups in total. The summed E-state index contributed by atoms with van der Waals surface area (Å²) in [5.41, 5.74) is 1.41. The van der Waals surface area contributed by atoms with Crippen LogP contribution in [0, 0.1) is 0 Å². The Hall–Kier alpha value is -2.88. The van der Waals surface area contributed by atoms with Crippen molar-refractivity contribution < 1.29 is 9.21 Å². The number of nitrogens with zero attached hydrogens (tertiary/aromatic N) is 3. The first kappa shape index (κ1) is 22.9. The second-order valence-corrected chi connectivity index (χ2v) is 9.54. The average Bonchev–Trinajstić information content (AvgIpc) is 3.32. The molecule has 176 valence electrons. The van der Waals surface area contributed by atoms with Gasteiger partial charge in [-0.15, -0.1) is 12.4 Å². The summed E-state index contributed by atoms with van der Waals surface area (Å²) >= 11 is 3.47. The van der Waals surface area contributed by atoms with E-state index in [1.165, 1.54) is 0 Å². The van der Waals surface area contributed by atoms with Gasteiger partial charge in [0, 0.05) is 15.5 Å². The zero-order valence-corrected chi connectivity index (χ0v) is 20.6. The molecule has 0 saturated carbocycles. The number of hydrogen-bond donors (Lipinski definition) is 2. The van der Waals surface area contributed by atoms with E-state index < -0.39 is 5.54 Å². The molecule has 8 nitrogen and oxygen atoms in total. The highest BCUT2D eigenvalue weighted by atomic mass is 79.9. The van der Waals surface area contributed by atoms with E-state index in [1.54, 1.807) is 4.90 Å². The lowest BCUT2D eigenvalue weighted by Gasteiger charge is -2.40. The van der Waals surface area contributed by atoms with E-state index in [9.17, 15) is 9.59 Å². The summed E-state index contributed by atoms with van der Waals surface area (Å²) in [5, 5.41) is 4.13. The Balaban J connectivity index is 0.00000241. The number of halogens is 2. The third-order valence-corrected chi connectivity index (χ3v) is 7.18. The van der Waals surface area contributed by atoms with Crippen molar-refractivity contribution in [3.05, 3.63) is 69.2 Å². The lowest BCUT2D eigenvalue weighted by Crippen LogP contribution is -2.55. The van der Waals surface area contributed by atoms with Crippen LogP contribution in [0.4, 0.5) is 5.69 Å². The van der Waals surface area contributed by atoms with Gasteiger partial charge in [-0.1, -0.05) is 34.1 Å². The molecular weight excluding hydrogens is 522 g/mol. The molecule has 2 aromatic carbocycles. The second-order valence-electron chi connectivity index (χ2n) is 8.62. The predicted octanol–water partition coefficient (Wildman–Crippen LogP) is 3.78. The first-order chi connectivity index (χ1) is 16.0. The number of furan rings is 1. The van der Waals surface area contributed by atoms with Gasteiger partial charge in [0.05, 0.1) is 13.2 Å². The molecule has 0 unspecified atom stereocenters. The summed E-state index contributed by atoms with van der Waals surface area (Å²) in [5.74, 6) is 0.526. The van der Waals surface area contributed by atoms with Gasteiger partial charge in [-0.3, -0.25) is 9.59 Å². The Kier molecular flexibility index (Phi) is 5.87. The van der Waals surface area contributed by atoms with Crippen molar-refractivity contribution in [3.63, 3.8) is 0 Å². The smallest absolute Gasteiger partial charge is 0.294 e. The minimum atomic E-state index is -0.579. The third-order valence-electron chi connectivity index (χ3n) is 6.69. The molecule has 2 fully saturated rings. The molecule has 2 saturated heterocycles. The summed E-state index contributed by atoms with van der Waals surface area (Å²) in [6.07, 6.45) is 1.47. The first-order valence-corrected chi connectivity index (χ1v) is 11.8. The number of benzene rings is 2. The van der Waals surface area contributed by atoms with E-state index in [2.05, 4.69) is 31.1 Å². The number of H-pyrrole nitrogens is 1. The molecule has 0 radical (unpaired) electrons. The summed E-state index contributed by atoms with van der Waals surface area (Å²) in [7, 11) is 0. The molecule has 10 heteroatoms. The number of para-hydroxylation sites is 1. The maximum atomic E-state index is 13.7. The van der Waals surface area contributed by atoms with Crippen molar-refractivity contribution in [3.8, 4) is 0 Å². The van der Waals surface area contributed by atoms with Crippen LogP contribution in [0.25, 0.3) is 22.1 Å². The number of amides is 1. The standard InChI is InChI=1S/C24H22BrN5O3.ClH/c25-15-6-7-18-17(12-15)20-21(33-18)22(31)28-19(27-20)13-29-14-30(16-4-2-1-3-5-16)24(23(29)32)8-10-26-11-9-24;/h1-7,12,26H,8-11,13-14H2,(H,27,28,31);1H. The Labute approximate surface area is 209 Å². The molecule has 34 heavy (non-hydrogen) atoms. The number of piperidine rings is 1. The van der Waals surface area contributed by atoms with E-state index in [-0.39, 0.29) is 36.0 Å². The normalized spacial score (nSPS) is 17.6. The van der Waals surface area contributed by atoms with E-state index in [0.717, 1.165) is 41.5 Å². The number of nitrogens with one attached hydrogen (secondary N) is 2. The van der Waals surface area contributed by atoms with Crippen LogP contribution in [-0.4, -0.2) is 46.1 Å². The number of carbonyl (C=O) groups is 1. The topological polar surface area (TPSA) is 94.5 Å². The minimum Gasteiger partial charge on any atom is -0.449 e. The molecule has 2 aliphatic heterocycles. The van der Waals surface area contributed by atoms with Crippen molar-refractivity contribution >= 4 is 62.0 Å². The van der Waals surface area contributed by atoms with Crippen molar-refractivity contribution in [2.45, 2.75) is 24.9 Å². The van der Waals surface area contributed by atoms with Gasteiger partial charge in [0.1, 0.15) is 22.5 Å². The van der Waals surface area contributed by atoms with E-state index in [0.29, 0.717) is 23.6 Å². The van der Waals surface area contributed by atoms with Gasteiger partial charge in [-0.25, -0.2) is 4.98 Å². The minimum absolute atomic E-state index is 0. The van der Waals surface area contributed by atoms with E-state index in [1.807, 2.05) is 48.5 Å². The predicted molar refractivity (Wildman–Crippen MR) is 136 cm³/mol. The quantitative estimate of drug-likeness (QED) is 0.408. The number of aromatic amines is 1. The zero-order chi connectivity index (χ0) is 22.6. The molecule has 0 aliphatic carbocycles. The fourth-order valence-corrected chi connectivity index (χ4v) is 5.45. The molecule has 4 heterocycles. The van der Waals surface area contributed by atoms with Gasteiger partial charge in [0.25, 0.3) is 5.56 Å². The van der Waals surface area contributed by atoms with Crippen molar-refractivity contribution in [1.82, 2.24) is 20.2 Å². The third kappa shape index (κ3) is 3.59. The van der Waals surface area contributed by atoms with Gasteiger partial charge in [-0.2, -0.15) is 0 Å². The largest absolute Gasteiger partial charge is 0.449 e. The number of hydrogen-bond acceptors (Lipinski definition) is 6. The molecule has 1 amide bonds. The molecule has 0 atom stereocenters. The highest BCUT2D eigenvalue weighted by Gasteiger charge is 2.52. The number of anilines is 1. The number of carbonyl (C=O) groups excluding carboxylic acids is 1. The Bertz CT molecular complexity index is 1430. The molecule has 1 spiro atoms. The maximum Gasteiger partial charge on any atom is 0.294 e. The first-order valence-electron chi connectivity index (χ1n) is 11.0. The molecule has 2 aliphatic rings. The molecular formula is C24H23BrClN5O3. The molecule has 6 rings (SSSR count). The fourth-order valence-electron chi connectivity index (χ4n) is 5.09. The van der Waals surface area contributed by atoms with E-state index >= 15 is 0 Å². The SMILES string of the molecule is Cl.O=C1N(Cc2nc3c(oc4ccc(Br)cc43)c(=O)[nH]2)CN(c2ccccc2)C12CCNCC2. The maximum absolute atomic E-state index is 13.7. The van der Waals surface area contributed by atoms with Crippen molar-refractivity contribution in [1.29, 1.82) is 0 Å². The number of fused-ring (bicyclic) bond motifs is 3. The highest BCUT2D eigenvalue weighted by Crippen LogP contribution is 2.38. The Morgan fingerprint density at radius 1 is 1.09 bits per heavy atom. The Morgan fingerprint density at radius 3 is 2.62 bits per heavy atom.